The molecule has 0 saturated carbocycles. The molecular weight excluding hydrogens is 282 g/mol. The van der Waals surface area contributed by atoms with E-state index in [9.17, 15) is 4.79 Å². The highest BCUT2D eigenvalue weighted by molar-refractivity contribution is 5.78. The fourth-order valence-electron chi connectivity index (χ4n) is 2.77. The van der Waals surface area contributed by atoms with Gasteiger partial charge in [-0.15, -0.1) is 0 Å². The van der Waals surface area contributed by atoms with E-state index >= 15 is 0 Å². The van der Waals surface area contributed by atoms with Crippen molar-refractivity contribution >= 4 is 5.91 Å². The molecule has 1 aliphatic heterocycles. The van der Waals surface area contributed by atoms with Crippen LogP contribution in [0.4, 0.5) is 0 Å². The fraction of sp³-hybridized carbons (Fsp3) is 0.467. The van der Waals surface area contributed by atoms with Crippen molar-refractivity contribution < 1.29 is 9.53 Å². The quantitative estimate of drug-likeness (QED) is 0.925. The Balaban J connectivity index is 1.78. The molecule has 0 aliphatic carbocycles. The second-order valence-electron chi connectivity index (χ2n) is 5.44. The minimum Gasteiger partial charge on any atom is -0.375 e. The number of H-pyrrole nitrogens is 1. The minimum atomic E-state index is -0.00915. The number of aryl methyl sites for hydroxylation is 1. The highest BCUT2D eigenvalue weighted by Gasteiger charge is 2.30. The first-order valence-corrected chi connectivity index (χ1v) is 7.32. The normalized spacial score (nSPS) is 17.9. The predicted octanol–water partition coefficient (Wildman–Crippen LogP) is 1.49. The zero-order valence-electron chi connectivity index (χ0n) is 12.7. The molecule has 2 aromatic heterocycles. The lowest BCUT2D eigenvalue weighted by molar-refractivity contribution is -0.136. The van der Waals surface area contributed by atoms with Gasteiger partial charge >= 0.3 is 0 Å². The first-order chi connectivity index (χ1) is 10.7. The third-order valence-corrected chi connectivity index (χ3v) is 3.82. The number of methoxy groups -OCH3 is 1. The van der Waals surface area contributed by atoms with Crippen molar-refractivity contribution in [3.05, 3.63) is 29.8 Å². The lowest BCUT2D eigenvalue weighted by Gasteiger charge is -2.23. The summed E-state index contributed by atoms with van der Waals surface area (Å²) in [6.45, 7) is 2.79. The molecule has 2 aromatic rings. The number of aromatic amines is 1. The maximum absolute atomic E-state index is 12.1. The summed E-state index contributed by atoms with van der Waals surface area (Å²) in [5.74, 6) is -0.00111. The second-order valence-corrected chi connectivity index (χ2v) is 5.44. The number of likely N-dealkylation sites (tertiary alicyclic amines) is 1. The van der Waals surface area contributed by atoms with E-state index < -0.39 is 0 Å². The van der Waals surface area contributed by atoms with Crippen LogP contribution in [-0.2, 0) is 9.53 Å². The van der Waals surface area contributed by atoms with Crippen LogP contribution in [0.1, 0.15) is 30.3 Å². The van der Waals surface area contributed by atoms with Crippen LogP contribution in [0.5, 0.6) is 0 Å². The number of hydrogen-bond acceptors (Lipinski definition) is 5. The predicted molar refractivity (Wildman–Crippen MR) is 79.9 cm³/mol. The van der Waals surface area contributed by atoms with E-state index in [-0.39, 0.29) is 18.6 Å². The van der Waals surface area contributed by atoms with Gasteiger partial charge in [0.25, 0.3) is 0 Å². The highest BCUT2D eigenvalue weighted by atomic mass is 16.5. The summed E-state index contributed by atoms with van der Waals surface area (Å²) in [5, 5.41) is 7.06. The summed E-state index contributed by atoms with van der Waals surface area (Å²) < 4.78 is 4.94. The molecule has 116 valence electrons. The van der Waals surface area contributed by atoms with E-state index in [1.807, 2.05) is 17.9 Å². The van der Waals surface area contributed by atoms with Crippen LogP contribution >= 0.6 is 0 Å². The van der Waals surface area contributed by atoms with Gasteiger partial charge in [0.05, 0.1) is 24.1 Å². The number of nitrogens with zero attached hydrogens (tertiary/aromatic N) is 4. The summed E-state index contributed by atoms with van der Waals surface area (Å²) in [7, 11) is 1.53. The summed E-state index contributed by atoms with van der Waals surface area (Å²) in [6, 6.07) is 1.92. The largest absolute Gasteiger partial charge is 0.375 e. The van der Waals surface area contributed by atoms with E-state index in [1.165, 1.54) is 7.11 Å². The summed E-state index contributed by atoms with van der Waals surface area (Å²) in [6.07, 6.45) is 5.33. The Labute approximate surface area is 128 Å². The molecule has 0 unspecified atom stereocenters. The minimum absolute atomic E-state index is 0.00111. The SMILES string of the molecule is COCC(=O)N1CCC[C@@H]1c1cnc(-c2cc(C)[nH]n2)cn1. The number of ether oxygens (including phenoxy) is 1. The third kappa shape index (κ3) is 2.85. The third-order valence-electron chi connectivity index (χ3n) is 3.82. The number of carbonyl (C=O) groups excluding carboxylic acids is 1. The fourth-order valence-corrected chi connectivity index (χ4v) is 2.77. The molecule has 7 heteroatoms. The number of hydrogen-bond donors (Lipinski definition) is 1. The van der Waals surface area contributed by atoms with Crippen molar-refractivity contribution in [2.45, 2.75) is 25.8 Å². The van der Waals surface area contributed by atoms with Gasteiger partial charge in [0.1, 0.15) is 18.0 Å². The zero-order chi connectivity index (χ0) is 15.5. The molecule has 0 aromatic carbocycles. The van der Waals surface area contributed by atoms with Gasteiger partial charge in [0.15, 0.2) is 0 Å². The van der Waals surface area contributed by atoms with Gasteiger partial charge in [-0.3, -0.25) is 19.9 Å². The van der Waals surface area contributed by atoms with Crippen LogP contribution in [0.15, 0.2) is 18.5 Å². The van der Waals surface area contributed by atoms with Gasteiger partial charge in [-0.25, -0.2) is 0 Å². The molecule has 1 N–H and O–H groups in total. The van der Waals surface area contributed by atoms with Gasteiger partial charge in [0.2, 0.25) is 5.91 Å². The zero-order valence-corrected chi connectivity index (χ0v) is 12.7. The number of aromatic nitrogens is 4. The Kier molecular flexibility index (Phi) is 4.15. The topological polar surface area (TPSA) is 84.0 Å². The van der Waals surface area contributed by atoms with Gasteiger partial charge in [-0.1, -0.05) is 0 Å². The smallest absolute Gasteiger partial charge is 0.249 e. The molecule has 1 saturated heterocycles. The average molecular weight is 301 g/mol. The van der Waals surface area contributed by atoms with Crippen LogP contribution in [0, 0.1) is 6.92 Å². The Hall–Kier alpha value is -2.28. The van der Waals surface area contributed by atoms with Gasteiger partial charge < -0.3 is 9.64 Å². The van der Waals surface area contributed by atoms with E-state index in [0.717, 1.165) is 42.2 Å². The Morgan fingerprint density at radius 2 is 2.27 bits per heavy atom. The van der Waals surface area contributed by atoms with E-state index in [0.29, 0.717) is 0 Å². The van der Waals surface area contributed by atoms with E-state index in [4.69, 9.17) is 4.74 Å². The Bertz CT molecular complexity index is 652. The lowest BCUT2D eigenvalue weighted by Crippen LogP contribution is -2.33. The Morgan fingerprint density at radius 1 is 1.41 bits per heavy atom. The van der Waals surface area contributed by atoms with Crippen molar-refractivity contribution in [2.24, 2.45) is 0 Å². The van der Waals surface area contributed by atoms with Crippen LogP contribution in [0.25, 0.3) is 11.4 Å². The van der Waals surface area contributed by atoms with Crippen molar-refractivity contribution in [1.82, 2.24) is 25.1 Å². The van der Waals surface area contributed by atoms with Gasteiger partial charge in [-0.2, -0.15) is 5.10 Å². The highest BCUT2D eigenvalue weighted by Crippen LogP contribution is 2.30. The van der Waals surface area contributed by atoms with Crippen molar-refractivity contribution in [2.75, 3.05) is 20.3 Å². The average Bonchev–Trinajstić information content (AvgIpc) is 3.16. The molecule has 1 atom stereocenters. The molecule has 1 aliphatic rings. The number of rotatable bonds is 4. The molecule has 0 radical (unpaired) electrons. The number of nitrogens with one attached hydrogen (secondary N) is 1. The lowest BCUT2D eigenvalue weighted by atomic mass is 10.1. The molecule has 3 rings (SSSR count). The first-order valence-electron chi connectivity index (χ1n) is 7.32. The van der Waals surface area contributed by atoms with Crippen molar-refractivity contribution in [1.29, 1.82) is 0 Å². The molecule has 1 amide bonds. The van der Waals surface area contributed by atoms with Gasteiger partial charge in [-0.05, 0) is 25.8 Å². The first kappa shape index (κ1) is 14.6. The molecule has 1 fully saturated rings. The molecule has 0 bridgehead atoms. The molecule has 7 nitrogen and oxygen atoms in total. The summed E-state index contributed by atoms with van der Waals surface area (Å²) in [4.78, 5) is 22.8. The van der Waals surface area contributed by atoms with E-state index in [2.05, 4.69) is 20.2 Å². The van der Waals surface area contributed by atoms with Crippen molar-refractivity contribution in [3.8, 4) is 11.4 Å². The molecular formula is C15H19N5O2. The maximum atomic E-state index is 12.1. The van der Waals surface area contributed by atoms with Crippen LogP contribution in [0.3, 0.4) is 0 Å². The second kappa shape index (κ2) is 6.23. The van der Waals surface area contributed by atoms with Crippen LogP contribution in [-0.4, -0.2) is 51.2 Å². The molecule has 0 spiro atoms. The van der Waals surface area contributed by atoms with Crippen molar-refractivity contribution in [3.63, 3.8) is 0 Å². The Morgan fingerprint density at radius 3 is 2.91 bits per heavy atom. The maximum Gasteiger partial charge on any atom is 0.249 e. The number of carbonyl (C=O) groups is 1. The van der Waals surface area contributed by atoms with E-state index in [1.54, 1.807) is 12.4 Å². The number of amides is 1. The van der Waals surface area contributed by atoms with Crippen LogP contribution in [0.2, 0.25) is 0 Å². The standard InChI is InChI=1S/C15H19N5O2/c1-10-6-11(19-18-10)12-7-17-13(8-16-12)14-4-3-5-20(14)15(21)9-22-2/h6-8,14H,3-5,9H2,1-2H3,(H,18,19)/t14-/m1/s1. The molecule has 22 heavy (non-hydrogen) atoms. The monoisotopic (exact) mass is 301 g/mol. The summed E-state index contributed by atoms with van der Waals surface area (Å²) >= 11 is 0. The molecule has 3 heterocycles. The van der Waals surface area contributed by atoms with Crippen LogP contribution < -0.4 is 0 Å². The van der Waals surface area contributed by atoms with Gasteiger partial charge in [0, 0.05) is 19.3 Å². The summed E-state index contributed by atoms with van der Waals surface area (Å²) in [5.41, 5.74) is 3.29.